The molecule has 0 fully saturated rings. The molecule has 0 aromatic carbocycles. The summed E-state index contributed by atoms with van der Waals surface area (Å²) in [7, 11) is 0. The van der Waals surface area contributed by atoms with Gasteiger partial charge in [-0.2, -0.15) is 0 Å². The summed E-state index contributed by atoms with van der Waals surface area (Å²) in [5.74, 6) is -1.73. The van der Waals surface area contributed by atoms with Gasteiger partial charge in [-0.15, -0.1) is 0 Å². The van der Waals surface area contributed by atoms with E-state index in [2.05, 4.69) is 9.15 Å². The van der Waals surface area contributed by atoms with Crippen LogP contribution in [0.4, 0.5) is 0 Å². The van der Waals surface area contributed by atoms with Crippen LogP contribution in [0.5, 0.6) is 0 Å². The van der Waals surface area contributed by atoms with Crippen molar-refractivity contribution in [2.75, 3.05) is 6.61 Å². The Kier molecular flexibility index (Phi) is 2.85. The van der Waals surface area contributed by atoms with Crippen molar-refractivity contribution in [1.82, 2.24) is 4.98 Å². The van der Waals surface area contributed by atoms with Crippen molar-refractivity contribution in [3.8, 4) is 0 Å². The van der Waals surface area contributed by atoms with Crippen molar-refractivity contribution in [2.45, 2.75) is 13.8 Å². The van der Waals surface area contributed by atoms with Crippen LogP contribution in [0.2, 0.25) is 0 Å². The molecule has 0 saturated carbocycles. The normalized spacial score (nSPS) is 9.86. The molecule has 0 aliphatic carbocycles. The first kappa shape index (κ1) is 10.2. The van der Waals surface area contributed by atoms with E-state index in [1.165, 1.54) is 6.92 Å². The molecule has 0 atom stereocenters. The summed E-state index contributed by atoms with van der Waals surface area (Å²) in [4.78, 5) is 34.9. The molecule has 1 N–H and O–H groups in total. The Bertz CT molecular complexity index is 456. The molecule has 6 heteroatoms. The largest absolute Gasteiger partial charge is 0.462 e. The Hall–Kier alpha value is -1.85. The third-order valence-corrected chi connectivity index (χ3v) is 1.52. The van der Waals surface area contributed by atoms with E-state index in [4.69, 9.17) is 0 Å². The highest BCUT2D eigenvalue weighted by atomic mass is 16.5. The summed E-state index contributed by atoms with van der Waals surface area (Å²) in [6.45, 7) is 3.11. The van der Waals surface area contributed by atoms with Crippen LogP contribution in [-0.4, -0.2) is 17.6 Å². The molecule has 0 spiro atoms. The quantitative estimate of drug-likeness (QED) is 0.667. The zero-order valence-corrected chi connectivity index (χ0v) is 7.75. The van der Waals surface area contributed by atoms with Crippen LogP contribution in [0.15, 0.2) is 14.0 Å². The topological polar surface area (TPSA) is 89.4 Å². The molecule has 6 nitrogen and oxygen atoms in total. The molecule has 0 aliphatic heterocycles. The number of esters is 1. The molecular formula is C8H9NO5. The van der Waals surface area contributed by atoms with Crippen LogP contribution < -0.4 is 11.3 Å². The van der Waals surface area contributed by atoms with E-state index in [-0.39, 0.29) is 17.9 Å². The van der Waals surface area contributed by atoms with Crippen LogP contribution in [0.1, 0.15) is 23.0 Å². The summed E-state index contributed by atoms with van der Waals surface area (Å²) in [5, 5.41) is 0. The van der Waals surface area contributed by atoms with Crippen LogP contribution >= 0.6 is 0 Å². The Morgan fingerprint density at radius 2 is 2.14 bits per heavy atom. The number of aromatic nitrogens is 1. The lowest BCUT2D eigenvalue weighted by atomic mass is 10.2. The van der Waals surface area contributed by atoms with E-state index in [1.807, 2.05) is 4.98 Å². The van der Waals surface area contributed by atoms with Gasteiger partial charge >= 0.3 is 11.7 Å². The Morgan fingerprint density at radius 3 is 2.64 bits per heavy atom. The van der Waals surface area contributed by atoms with Crippen LogP contribution in [-0.2, 0) is 4.74 Å². The lowest BCUT2D eigenvalue weighted by Gasteiger charge is -2.01. The van der Waals surface area contributed by atoms with E-state index in [0.717, 1.165) is 0 Å². The first-order chi connectivity index (χ1) is 6.56. The molecule has 1 aromatic heterocycles. The summed E-state index contributed by atoms with van der Waals surface area (Å²) in [6.07, 6.45) is 0. The monoisotopic (exact) mass is 199 g/mol. The van der Waals surface area contributed by atoms with Gasteiger partial charge in [0, 0.05) is 0 Å². The summed E-state index contributed by atoms with van der Waals surface area (Å²) in [5.41, 5.74) is -1.07. The standard InChI is InChI=1S/C8H9NO5/c1-3-13-7(11)5-4(2)14-8(12)9-6(5)10/h3H2,1-2H3,(H,9,10,12). The Balaban J connectivity index is 3.28. The molecule has 1 aromatic rings. The number of carbonyl (C=O) groups excluding carboxylic acids is 1. The van der Waals surface area contributed by atoms with Crippen molar-refractivity contribution >= 4 is 5.97 Å². The molecule has 14 heavy (non-hydrogen) atoms. The molecule has 0 amide bonds. The van der Waals surface area contributed by atoms with Crippen molar-refractivity contribution in [1.29, 1.82) is 0 Å². The van der Waals surface area contributed by atoms with E-state index in [9.17, 15) is 14.4 Å². The minimum Gasteiger partial charge on any atom is -0.462 e. The van der Waals surface area contributed by atoms with Gasteiger partial charge < -0.3 is 9.15 Å². The fourth-order valence-electron chi connectivity index (χ4n) is 0.970. The SMILES string of the molecule is CCOC(=O)c1c(C)oc(=O)[nH]c1=O. The minimum absolute atomic E-state index is 0.0443. The Morgan fingerprint density at radius 1 is 1.50 bits per heavy atom. The second kappa shape index (κ2) is 3.91. The highest BCUT2D eigenvalue weighted by Crippen LogP contribution is 2.00. The molecule has 76 valence electrons. The van der Waals surface area contributed by atoms with Crippen molar-refractivity contribution < 1.29 is 13.9 Å². The highest BCUT2D eigenvalue weighted by Gasteiger charge is 2.17. The second-order valence-corrected chi connectivity index (χ2v) is 2.50. The van der Waals surface area contributed by atoms with Gasteiger partial charge in [0.1, 0.15) is 5.76 Å². The molecule has 0 unspecified atom stereocenters. The van der Waals surface area contributed by atoms with E-state index in [0.29, 0.717) is 0 Å². The average Bonchev–Trinajstić information content (AvgIpc) is 2.01. The highest BCUT2D eigenvalue weighted by molar-refractivity contribution is 5.89. The second-order valence-electron chi connectivity index (χ2n) is 2.50. The summed E-state index contributed by atoms with van der Waals surface area (Å²) in [6, 6.07) is 0. The van der Waals surface area contributed by atoms with Crippen LogP contribution in [0.25, 0.3) is 0 Å². The molecule has 1 rings (SSSR count). The number of nitrogens with one attached hydrogen (secondary N) is 1. The maximum absolute atomic E-state index is 11.2. The summed E-state index contributed by atoms with van der Waals surface area (Å²) >= 11 is 0. The van der Waals surface area contributed by atoms with Gasteiger partial charge in [0.2, 0.25) is 0 Å². The Labute approximate surface area is 78.5 Å². The van der Waals surface area contributed by atoms with Gasteiger partial charge in [0.25, 0.3) is 5.56 Å². The fourth-order valence-corrected chi connectivity index (χ4v) is 0.970. The van der Waals surface area contributed by atoms with Gasteiger partial charge in [-0.3, -0.25) is 9.78 Å². The molecule has 0 bridgehead atoms. The van der Waals surface area contributed by atoms with Crippen molar-refractivity contribution in [3.63, 3.8) is 0 Å². The lowest BCUT2D eigenvalue weighted by Crippen LogP contribution is -2.27. The number of hydrogen-bond acceptors (Lipinski definition) is 5. The predicted molar refractivity (Wildman–Crippen MR) is 46.3 cm³/mol. The third-order valence-electron chi connectivity index (χ3n) is 1.52. The molecule has 0 aliphatic rings. The number of rotatable bonds is 2. The van der Waals surface area contributed by atoms with Crippen molar-refractivity contribution in [2.24, 2.45) is 0 Å². The predicted octanol–water partition coefficient (Wildman–Crippen LogP) is -0.187. The van der Waals surface area contributed by atoms with Crippen LogP contribution in [0.3, 0.4) is 0 Å². The number of aromatic amines is 1. The molecular weight excluding hydrogens is 190 g/mol. The summed E-state index contributed by atoms with van der Waals surface area (Å²) < 4.78 is 9.15. The molecule has 0 radical (unpaired) electrons. The zero-order chi connectivity index (χ0) is 10.7. The van der Waals surface area contributed by atoms with E-state index in [1.54, 1.807) is 6.92 Å². The maximum Gasteiger partial charge on any atom is 0.419 e. The van der Waals surface area contributed by atoms with E-state index >= 15 is 0 Å². The zero-order valence-electron chi connectivity index (χ0n) is 7.75. The average molecular weight is 199 g/mol. The molecule has 0 saturated heterocycles. The van der Waals surface area contributed by atoms with Crippen molar-refractivity contribution in [3.05, 3.63) is 32.2 Å². The first-order valence-corrected chi connectivity index (χ1v) is 3.97. The number of carbonyl (C=O) groups is 1. The van der Waals surface area contributed by atoms with Gasteiger partial charge in [-0.05, 0) is 13.8 Å². The van der Waals surface area contributed by atoms with Gasteiger partial charge in [-0.1, -0.05) is 0 Å². The first-order valence-electron chi connectivity index (χ1n) is 3.97. The van der Waals surface area contributed by atoms with Gasteiger partial charge in [0.15, 0.2) is 5.56 Å². The third kappa shape index (κ3) is 1.90. The minimum atomic E-state index is -0.888. The smallest absolute Gasteiger partial charge is 0.419 e. The fraction of sp³-hybridized carbons (Fsp3) is 0.375. The van der Waals surface area contributed by atoms with Gasteiger partial charge in [0.05, 0.1) is 6.61 Å². The maximum atomic E-state index is 11.2. The lowest BCUT2D eigenvalue weighted by molar-refractivity contribution is 0.0519. The van der Waals surface area contributed by atoms with Gasteiger partial charge in [-0.25, -0.2) is 9.59 Å². The number of hydrogen-bond donors (Lipinski definition) is 1. The number of ether oxygens (including phenoxy) is 1. The van der Waals surface area contributed by atoms with Crippen LogP contribution in [0, 0.1) is 6.92 Å². The number of aryl methyl sites for hydroxylation is 1. The number of H-pyrrole nitrogens is 1. The van der Waals surface area contributed by atoms with E-state index < -0.39 is 17.3 Å². The molecule has 1 heterocycles.